The molecular formula is C65H96BBrCl7N3NaO6S3. The van der Waals surface area contributed by atoms with E-state index in [4.69, 9.17) is 68.9 Å². The Morgan fingerprint density at radius 1 is 0.517 bits per heavy atom. The van der Waals surface area contributed by atoms with E-state index in [1.807, 2.05) is 191 Å². The van der Waals surface area contributed by atoms with E-state index in [0.29, 0.717) is 12.3 Å². The first-order chi connectivity index (χ1) is 38.4. The minimum Gasteiger partial charge on any atom is -1.00 e. The van der Waals surface area contributed by atoms with Crippen molar-refractivity contribution in [3.63, 3.8) is 0 Å². The van der Waals surface area contributed by atoms with E-state index in [0.717, 1.165) is 104 Å². The van der Waals surface area contributed by atoms with E-state index in [-0.39, 0.29) is 108 Å². The fraction of sp³-hybridized carbons (Fsp3) is 0.477. The largest absolute Gasteiger partial charge is 1.00 e. The molecule has 5 atom stereocenters. The van der Waals surface area contributed by atoms with Gasteiger partial charge in [-0.3, -0.25) is 18.9 Å². The molecule has 1 unspecified atom stereocenters. The van der Waals surface area contributed by atoms with Crippen LogP contribution >= 0.6 is 98.7 Å². The van der Waals surface area contributed by atoms with E-state index < -0.39 is 32.8 Å². The molecule has 0 aromatic heterocycles. The average molecular weight is 1470 g/mol. The Hall–Kier alpha value is -1.28. The molecule has 0 heterocycles. The zero-order valence-corrected chi connectivity index (χ0v) is 65.4. The van der Waals surface area contributed by atoms with Crippen molar-refractivity contribution in [1.82, 2.24) is 0 Å². The van der Waals surface area contributed by atoms with Crippen molar-refractivity contribution < 1.29 is 58.0 Å². The summed E-state index contributed by atoms with van der Waals surface area (Å²) >= 11 is 33.2. The summed E-state index contributed by atoms with van der Waals surface area (Å²) in [7, 11) is -3.12. The van der Waals surface area contributed by atoms with Crippen LogP contribution in [0.25, 0.3) is 0 Å². The normalized spacial score (nSPS) is 12.3. The number of hydrogen-bond donors (Lipinski definition) is 2. The molecule has 0 fully saturated rings. The zero-order valence-electron chi connectivity index (χ0n) is 54.9. The van der Waals surface area contributed by atoms with Gasteiger partial charge in [-0.25, -0.2) is 8.42 Å². The number of Topliss-reactive ketones (excluding diaryl/α,β-unsaturated/α-hetero) is 3. The van der Waals surface area contributed by atoms with E-state index in [1.165, 1.54) is 25.0 Å². The van der Waals surface area contributed by atoms with Gasteiger partial charge < -0.3 is 12.0 Å². The van der Waals surface area contributed by atoms with Gasteiger partial charge in [0, 0.05) is 78.3 Å². The van der Waals surface area contributed by atoms with E-state index in [9.17, 15) is 27.0 Å². The molecule has 0 saturated heterocycles. The van der Waals surface area contributed by atoms with Crippen molar-refractivity contribution in [1.29, 1.82) is 0 Å². The Balaban J connectivity index is -0.000000177. The van der Waals surface area contributed by atoms with Gasteiger partial charge in [0.2, 0.25) is 0 Å². The van der Waals surface area contributed by atoms with Gasteiger partial charge in [-0.15, -0.1) is 24.8 Å². The molecule has 485 valence electrons. The predicted molar refractivity (Wildman–Crippen MR) is 390 cm³/mol. The van der Waals surface area contributed by atoms with Gasteiger partial charge in [0.15, 0.2) is 0 Å². The molecule has 0 aliphatic heterocycles. The van der Waals surface area contributed by atoms with Crippen LogP contribution in [0.1, 0.15) is 165 Å². The maximum atomic E-state index is 12.0. The second-order valence-electron chi connectivity index (χ2n) is 22.8. The van der Waals surface area contributed by atoms with Crippen molar-refractivity contribution in [2.24, 2.45) is 21.2 Å². The summed E-state index contributed by atoms with van der Waals surface area (Å²) in [5.74, 6) is 1.31. The number of halogens is 8. The summed E-state index contributed by atoms with van der Waals surface area (Å²) in [5, 5.41) is 9.90. The minimum absolute atomic E-state index is 0. The number of aryl methyl sites for hydroxylation is 4. The van der Waals surface area contributed by atoms with Crippen molar-refractivity contribution in [2.75, 3.05) is 5.75 Å². The summed E-state index contributed by atoms with van der Waals surface area (Å²) in [6, 6.07) is 39.3. The zero-order chi connectivity index (χ0) is 64.1. The molecule has 5 rings (SSSR count). The number of nitrogens with zero attached hydrogens (tertiary/aromatic N) is 1. The average Bonchev–Trinajstić information content (AvgIpc) is 3.47. The Labute approximate surface area is 603 Å². The third-order valence-electron chi connectivity index (χ3n) is 11.2. The number of carbonyl (C=O) groups excluding carboxylic acids is 3. The fourth-order valence-corrected chi connectivity index (χ4v) is 9.69. The molecule has 0 bridgehead atoms. The second-order valence-corrected chi connectivity index (χ2v) is 31.3. The monoisotopic (exact) mass is 1470 g/mol. The molecule has 0 saturated carbocycles. The van der Waals surface area contributed by atoms with Crippen molar-refractivity contribution in [2.45, 2.75) is 187 Å². The Morgan fingerprint density at radius 2 is 0.816 bits per heavy atom. The van der Waals surface area contributed by atoms with Crippen LogP contribution in [0.3, 0.4) is 0 Å². The SMILES string of the molecule is CC(=O)CC(C)=O.CC(=O)CCc1ccccc1Cl.CC(C)(C)[S@@](N)=O.CC(CCc1ccccc1Cl)=N[S@@](=O)C(C)(C)C.CC(CCc1ccccc1Cl)C[S@@](=O)C(C)(C)C.C[C@H](N)CCc1ccccc1Cl.Cl.Cl.Clc1ccccc1CBr.[B].[H-].[Na+]. The number of carbonyl (C=O) groups is 3. The predicted octanol–water partition coefficient (Wildman–Crippen LogP) is 15.9. The van der Waals surface area contributed by atoms with Crippen LogP contribution in [0.4, 0.5) is 0 Å². The molecule has 3 radical (unpaired) electrons. The standard InChI is InChI=1S/C15H23ClOS.C14H20ClNOS.C10H14ClN.C10H11ClO.C7H6BrCl.C5H8O2.C4H11NOS.B.2ClH.Na.H/c1-12(11-18(17)15(2,3)4)9-10-13-7-5-6-8-14(13)16;1-11(16-18(17)14(2,3)4)9-10-12-7-5-6-8-13(12)15;2*1-8(12)6-7-9-4-2-3-5-10(9)11;8-5-6-3-1-2-4-7(6)9;1-4(6)3-5(2)7;1-4(2,3)7(5)6;;;;;/h5-8,12H,9-11H2,1-4H3;5-8H,9-10H2,1-4H3;2-5,8H,6-7,12H2,1H3;2-5H,6-7H2,1H3;1-4H,5H2;3H2,1-2H3;5H2,1-3H3;;2*1H;;/q;;;;;;;;;;+1;-1/t12?,18-;18-;8-;;;;7-;;;;;/m100...0...../s1. The number of hydrogen-bond acceptors (Lipinski definition) is 7. The number of rotatable bonds is 18. The Bertz CT molecular complexity index is 2820. The second kappa shape index (κ2) is 53.1. The van der Waals surface area contributed by atoms with Crippen LogP contribution in [0.2, 0.25) is 25.1 Å². The molecule has 22 heteroatoms. The van der Waals surface area contributed by atoms with Crippen molar-refractivity contribution in [3.8, 4) is 0 Å². The number of ketones is 3. The van der Waals surface area contributed by atoms with Gasteiger partial charge in [-0.1, -0.05) is 172 Å². The van der Waals surface area contributed by atoms with Gasteiger partial charge in [0.25, 0.3) is 0 Å². The molecule has 4 N–H and O–H groups in total. The summed E-state index contributed by atoms with van der Waals surface area (Å²) in [5.41, 5.74) is 12.2. The van der Waals surface area contributed by atoms with E-state index >= 15 is 0 Å². The van der Waals surface area contributed by atoms with E-state index in [2.05, 4.69) is 33.3 Å². The first kappa shape index (κ1) is 96.8. The third kappa shape index (κ3) is 51.9. The van der Waals surface area contributed by atoms with Gasteiger partial charge in [-0.05, 0) is 206 Å². The minimum atomic E-state index is -1.18. The van der Waals surface area contributed by atoms with Crippen LogP contribution in [-0.2, 0) is 78.2 Å². The molecule has 5 aromatic carbocycles. The van der Waals surface area contributed by atoms with Crippen LogP contribution in [0.15, 0.2) is 126 Å². The maximum absolute atomic E-state index is 12.0. The third-order valence-corrected chi connectivity index (χ3v) is 18.6. The first-order valence-corrected chi connectivity index (χ1v) is 34.0. The molecule has 5 aromatic rings. The number of alkyl halides is 1. The molecule has 0 aliphatic carbocycles. The Kier molecular flexibility index (Phi) is 59.1. The van der Waals surface area contributed by atoms with Crippen molar-refractivity contribution in [3.05, 3.63) is 174 Å². The summed E-state index contributed by atoms with van der Waals surface area (Å²) < 4.78 is 37.8. The van der Waals surface area contributed by atoms with Gasteiger partial charge in [0.1, 0.15) is 28.3 Å². The van der Waals surface area contributed by atoms with Crippen molar-refractivity contribution >= 4 is 163 Å². The maximum Gasteiger partial charge on any atom is 1.00 e. The molecule has 87 heavy (non-hydrogen) atoms. The smallest absolute Gasteiger partial charge is 1.00 e. The molecule has 0 aliphatic rings. The fourth-order valence-electron chi connectivity index (χ4n) is 6.09. The van der Waals surface area contributed by atoms with Crippen LogP contribution in [-0.4, -0.2) is 70.1 Å². The Morgan fingerprint density at radius 3 is 1.06 bits per heavy atom. The van der Waals surface area contributed by atoms with Gasteiger partial charge >= 0.3 is 29.6 Å². The molecular weight excluding hydrogens is 1380 g/mol. The van der Waals surface area contributed by atoms with Crippen LogP contribution in [0.5, 0.6) is 0 Å². The van der Waals surface area contributed by atoms with E-state index in [1.54, 1.807) is 6.92 Å². The molecule has 0 spiro atoms. The first-order valence-electron chi connectivity index (χ1n) is 27.4. The number of nitrogens with two attached hydrogens (primary N) is 2. The summed E-state index contributed by atoms with van der Waals surface area (Å²) in [6.45, 7) is 27.9. The molecule has 9 nitrogen and oxygen atoms in total. The van der Waals surface area contributed by atoms with Crippen LogP contribution in [0, 0.1) is 5.92 Å². The van der Waals surface area contributed by atoms with Gasteiger partial charge in [0.05, 0.1) is 26.9 Å². The summed E-state index contributed by atoms with van der Waals surface area (Å²) in [4.78, 5) is 30.8. The summed E-state index contributed by atoms with van der Waals surface area (Å²) in [6.07, 6.45) is 6.97. The topological polar surface area (TPSA) is 167 Å². The van der Waals surface area contributed by atoms with Gasteiger partial charge in [-0.2, -0.15) is 4.40 Å². The number of benzene rings is 5. The molecule has 0 amide bonds. The van der Waals surface area contributed by atoms with Crippen LogP contribution < -0.4 is 40.4 Å². The quantitative estimate of drug-likeness (QED) is 0.0381.